The molecule has 2 amide bonds. The van der Waals surface area contributed by atoms with Gasteiger partial charge in [0.1, 0.15) is 11.3 Å². The van der Waals surface area contributed by atoms with E-state index in [1.807, 2.05) is 75.4 Å². The van der Waals surface area contributed by atoms with Crippen LogP contribution in [0.3, 0.4) is 0 Å². The van der Waals surface area contributed by atoms with Crippen LogP contribution in [0.25, 0.3) is 16.8 Å². The average Bonchev–Trinajstić information content (AvgIpc) is 2.75. The predicted octanol–water partition coefficient (Wildman–Crippen LogP) is 4.69. The monoisotopic (exact) mass is 430 g/mol. The van der Waals surface area contributed by atoms with E-state index in [0.29, 0.717) is 12.3 Å². The number of carbonyl (C=O) groups is 2. The first-order valence-electron chi connectivity index (χ1n) is 10.0. The lowest BCUT2D eigenvalue weighted by atomic mass is 9.99. The first-order chi connectivity index (χ1) is 14.9. The van der Waals surface area contributed by atoms with Crippen LogP contribution in [0.4, 0.5) is 5.69 Å². The van der Waals surface area contributed by atoms with Crippen LogP contribution in [0.5, 0.6) is 5.75 Å². The van der Waals surface area contributed by atoms with Gasteiger partial charge < -0.3 is 4.74 Å². The van der Waals surface area contributed by atoms with Crippen LogP contribution in [0.2, 0.25) is 0 Å². The Balaban J connectivity index is 1.83. The number of thiocarbonyl (C=S) groups is 1. The molecule has 0 aromatic heterocycles. The van der Waals surface area contributed by atoms with Gasteiger partial charge in [0, 0.05) is 5.39 Å². The summed E-state index contributed by atoms with van der Waals surface area (Å²) in [6.45, 7) is 6.38. The molecule has 1 fully saturated rings. The summed E-state index contributed by atoms with van der Waals surface area (Å²) in [6.07, 6.45) is 1.62. The van der Waals surface area contributed by atoms with E-state index in [1.54, 1.807) is 6.08 Å². The SMILES string of the molecule is CCOc1ccc(/C=C2\C(=O)NC(=S)N(c3cccc(C)c3C)C2=O)c2ccccc12. The van der Waals surface area contributed by atoms with Crippen molar-refractivity contribution in [3.05, 3.63) is 76.9 Å². The van der Waals surface area contributed by atoms with Gasteiger partial charge in [-0.2, -0.15) is 0 Å². The van der Waals surface area contributed by atoms with E-state index in [9.17, 15) is 9.59 Å². The third-order valence-corrected chi connectivity index (χ3v) is 5.72. The summed E-state index contributed by atoms with van der Waals surface area (Å²) >= 11 is 5.34. The number of amides is 2. The number of aryl methyl sites for hydroxylation is 1. The van der Waals surface area contributed by atoms with Gasteiger partial charge in [-0.1, -0.05) is 42.5 Å². The molecule has 6 heteroatoms. The zero-order chi connectivity index (χ0) is 22.1. The summed E-state index contributed by atoms with van der Waals surface area (Å²) in [5, 5.41) is 4.56. The van der Waals surface area contributed by atoms with Crippen LogP contribution in [0, 0.1) is 13.8 Å². The van der Waals surface area contributed by atoms with E-state index in [2.05, 4.69) is 5.32 Å². The maximum absolute atomic E-state index is 13.4. The highest BCUT2D eigenvalue weighted by atomic mass is 32.1. The highest BCUT2D eigenvalue weighted by Gasteiger charge is 2.35. The number of anilines is 1. The van der Waals surface area contributed by atoms with Gasteiger partial charge in [-0.05, 0) is 73.3 Å². The van der Waals surface area contributed by atoms with E-state index in [-0.39, 0.29) is 10.7 Å². The van der Waals surface area contributed by atoms with E-state index in [4.69, 9.17) is 17.0 Å². The summed E-state index contributed by atoms with van der Waals surface area (Å²) in [4.78, 5) is 27.5. The molecule has 0 aliphatic carbocycles. The summed E-state index contributed by atoms with van der Waals surface area (Å²) in [7, 11) is 0. The van der Waals surface area contributed by atoms with Crippen LogP contribution >= 0.6 is 12.2 Å². The Hall–Kier alpha value is -3.51. The van der Waals surface area contributed by atoms with Crippen LogP contribution in [0.1, 0.15) is 23.6 Å². The fourth-order valence-electron chi connectivity index (χ4n) is 3.71. The fourth-order valence-corrected chi connectivity index (χ4v) is 3.99. The summed E-state index contributed by atoms with van der Waals surface area (Å²) in [5.74, 6) is -0.187. The lowest BCUT2D eigenvalue weighted by Gasteiger charge is -2.30. The van der Waals surface area contributed by atoms with Crippen molar-refractivity contribution < 1.29 is 14.3 Å². The third-order valence-electron chi connectivity index (χ3n) is 5.44. The molecule has 0 atom stereocenters. The predicted molar refractivity (Wildman–Crippen MR) is 127 cm³/mol. The molecule has 0 radical (unpaired) electrons. The van der Waals surface area contributed by atoms with Crippen molar-refractivity contribution in [3.63, 3.8) is 0 Å². The molecule has 3 aromatic carbocycles. The zero-order valence-electron chi connectivity index (χ0n) is 17.6. The van der Waals surface area contributed by atoms with Crippen LogP contribution < -0.4 is 15.0 Å². The minimum absolute atomic E-state index is 0.0313. The third kappa shape index (κ3) is 3.70. The molecule has 1 aliphatic heterocycles. The lowest BCUT2D eigenvalue weighted by molar-refractivity contribution is -0.122. The standard InChI is InChI=1S/C25H22N2O3S/c1-4-30-22-13-12-17(18-9-5-6-10-19(18)22)14-20-23(28)26-25(31)27(24(20)29)21-11-7-8-15(2)16(21)3/h5-14H,4H2,1-3H3,(H,26,28,31)/b20-14+. The lowest BCUT2D eigenvalue weighted by Crippen LogP contribution is -2.54. The van der Waals surface area contributed by atoms with Crippen molar-refractivity contribution in [1.82, 2.24) is 5.32 Å². The van der Waals surface area contributed by atoms with Gasteiger partial charge in [-0.3, -0.25) is 19.8 Å². The maximum atomic E-state index is 13.4. The van der Waals surface area contributed by atoms with E-state index in [1.165, 1.54) is 4.90 Å². The molecular formula is C25H22N2O3S. The molecule has 1 heterocycles. The van der Waals surface area contributed by atoms with E-state index >= 15 is 0 Å². The maximum Gasteiger partial charge on any atom is 0.270 e. The number of benzene rings is 3. The number of hydrogen-bond donors (Lipinski definition) is 1. The summed E-state index contributed by atoms with van der Waals surface area (Å²) in [5.41, 5.74) is 3.42. The smallest absolute Gasteiger partial charge is 0.270 e. The van der Waals surface area contributed by atoms with Gasteiger partial charge in [0.25, 0.3) is 11.8 Å². The molecule has 1 N–H and O–H groups in total. The molecule has 1 aliphatic rings. The molecule has 31 heavy (non-hydrogen) atoms. The number of rotatable bonds is 4. The Labute approximate surface area is 186 Å². The van der Waals surface area contributed by atoms with Gasteiger partial charge in [0.15, 0.2) is 5.11 Å². The molecule has 0 saturated carbocycles. The normalized spacial score (nSPS) is 15.5. The number of carbonyl (C=O) groups excluding carboxylic acids is 2. The molecule has 5 nitrogen and oxygen atoms in total. The van der Waals surface area contributed by atoms with Crippen molar-refractivity contribution >= 4 is 51.7 Å². The minimum Gasteiger partial charge on any atom is -0.493 e. The van der Waals surface area contributed by atoms with Crippen LogP contribution in [-0.2, 0) is 9.59 Å². The van der Waals surface area contributed by atoms with Crippen molar-refractivity contribution in [1.29, 1.82) is 0 Å². The second-order valence-electron chi connectivity index (χ2n) is 7.31. The molecule has 0 spiro atoms. The molecular weight excluding hydrogens is 408 g/mol. The van der Waals surface area contributed by atoms with Crippen LogP contribution in [0.15, 0.2) is 60.2 Å². The molecule has 0 unspecified atom stereocenters. The second kappa shape index (κ2) is 8.32. The number of fused-ring (bicyclic) bond motifs is 1. The van der Waals surface area contributed by atoms with Crippen molar-refractivity contribution in [3.8, 4) is 5.75 Å². The Morgan fingerprint density at radius 1 is 1.00 bits per heavy atom. The van der Waals surface area contributed by atoms with Gasteiger partial charge in [0.2, 0.25) is 0 Å². The fraction of sp³-hybridized carbons (Fsp3) is 0.160. The first kappa shape index (κ1) is 20.8. The number of hydrogen-bond acceptors (Lipinski definition) is 4. The number of nitrogens with one attached hydrogen (secondary N) is 1. The largest absolute Gasteiger partial charge is 0.493 e. The van der Waals surface area contributed by atoms with Crippen LogP contribution in [-0.4, -0.2) is 23.5 Å². The quantitative estimate of drug-likeness (QED) is 0.371. The molecule has 1 saturated heterocycles. The van der Waals surface area contributed by atoms with Gasteiger partial charge >= 0.3 is 0 Å². The highest BCUT2D eigenvalue weighted by Crippen LogP contribution is 2.31. The Morgan fingerprint density at radius 3 is 2.48 bits per heavy atom. The topological polar surface area (TPSA) is 58.6 Å². The molecule has 3 aromatic rings. The van der Waals surface area contributed by atoms with Gasteiger partial charge in [0.05, 0.1) is 12.3 Å². The minimum atomic E-state index is -0.505. The number of ether oxygens (including phenoxy) is 1. The van der Waals surface area contributed by atoms with Gasteiger partial charge in [-0.25, -0.2) is 0 Å². The highest BCUT2D eigenvalue weighted by molar-refractivity contribution is 7.80. The average molecular weight is 431 g/mol. The van der Waals surface area contributed by atoms with E-state index in [0.717, 1.165) is 33.2 Å². The first-order valence-corrected chi connectivity index (χ1v) is 10.5. The summed E-state index contributed by atoms with van der Waals surface area (Å²) < 4.78 is 5.73. The van der Waals surface area contributed by atoms with Gasteiger partial charge in [-0.15, -0.1) is 0 Å². The Bertz CT molecular complexity index is 1260. The van der Waals surface area contributed by atoms with E-state index < -0.39 is 11.8 Å². The molecule has 4 rings (SSSR count). The van der Waals surface area contributed by atoms with Crippen molar-refractivity contribution in [2.45, 2.75) is 20.8 Å². The van der Waals surface area contributed by atoms with Crippen molar-refractivity contribution in [2.24, 2.45) is 0 Å². The second-order valence-corrected chi connectivity index (χ2v) is 7.70. The zero-order valence-corrected chi connectivity index (χ0v) is 18.4. The molecule has 0 bridgehead atoms. The number of nitrogens with zero attached hydrogens (tertiary/aromatic N) is 1. The summed E-state index contributed by atoms with van der Waals surface area (Å²) in [6, 6.07) is 17.1. The Morgan fingerprint density at radius 2 is 1.74 bits per heavy atom. The van der Waals surface area contributed by atoms with Crippen molar-refractivity contribution in [2.75, 3.05) is 11.5 Å². The Kier molecular flexibility index (Phi) is 5.57. The molecule has 156 valence electrons.